The molecule has 0 aliphatic carbocycles. The number of fused-ring (bicyclic) bond motifs is 1. The minimum absolute atomic E-state index is 0.157. The fourth-order valence-electron chi connectivity index (χ4n) is 3.55. The summed E-state index contributed by atoms with van der Waals surface area (Å²) >= 11 is 0. The second-order valence-corrected chi connectivity index (χ2v) is 7.18. The first-order chi connectivity index (χ1) is 14.5. The number of anilines is 1. The van der Waals surface area contributed by atoms with E-state index in [1.54, 1.807) is 11.6 Å². The molecule has 4 aromatic rings. The van der Waals surface area contributed by atoms with Crippen molar-refractivity contribution in [2.45, 2.75) is 12.6 Å². The van der Waals surface area contributed by atoms with Crippen LogP contribution in [-0.4, -0.2) is 30.4 Å². The minimum Gasteiger partial charge on any atom is -0.394 e. The van der Waals surface area contributed by atoms with E-state index in [0.717, 1.165) is 15.7 Å². The van der Waals surface area contributed by atoms with Crippen LogP contribution >= 0.6 is 0 Å². The standard InChI is InChI=1S/C22H23N5O3/c1-25-19-18(20(29)26(2)22(25)30)27(13-15-9-5-3-6-10-15)21(24-19)23-17(14-28)16-11-7-4-8-12-16/h3-12,17,28H,13-14H2,1-2H3,(H,23,24)/t17-/m1/s1. The molecule has 154 valence electrons. The monoisotopic (exact) mass is 405 g/mol. The lowest BCUT2D eigenvalue weighted by Crippen LogP contribution is -2.37. The lowest BCUT2D eigenvalue weighted by atomic mass is 10.1. The first-order valence-corrected chi connectivity index (χ1v) is 9.63. The maximum atomic E-state index is 13.0. The van der Waals surface area contributed by atoms with Crippen LogP contribution in [0.15, 0.2) is 70.3 Å². The summed E-state index contributed by atoms with van der Waals surface area (Å²) in [7, 11) is 3.05. The molecule has 4 rings (SSSR count). The van der Waals surface area contributed by atoms with Gasteiger partial charge in [-0.2, -0.15) is 4.98 Å². The topological polar surface area (TPSA) is 94.1 Å². The Kier molecular flexibility index (Phi) is 5.24. The van der Waals surface area contributed by atoms with Gasteiger partial charge < -0.3 is 10.4 Å². The summed E-state index contributed by atoms with van der Waals surface area (Å²) in [5.41, 5.74) is 1.65. The number of nitrogens with one attached hydrogen (secondary N) is 1. The highest BCUT2D eigenvalue weighted by Crippen LogP contribution is 2.23. The van der Waals surface area contributed by atoms with Crippen molar-refractivity contribution in [2.24, 2.45) is 14.1 Å². The third-order valence-corrected chi connectivity index (χ3v) is 5.22. The van der Waals surface area contributed by atoms with Crippen LogP contribution in [0.2, 0.25) is 0 Å². The minimum atomic E-state index is -0.440. The number of hydrogen-bond acceptors (Lipinski definition) is 5. The molecular formula is C22H23N5O3. The summed E-state index contributed by atoms with van der Waals surface area (Å²) in [6, 6.07) is 18.8. The van der Waals surface area contributed by atoms with Gasteiger partial charge in [0.25, 0.3) is 5.56 Å². The van der Waals surface area contributed by atoms with E-state index in [4.69, 9.17) is 0 Å². The van der Waals surface area contributed by atoms with Gasteiger partial charge in [0.1, 0.15) is 0 Å². The molecule has 0 radical (unpaired) electrons. The average Bonchev–Trinajstić information content (AvgIpc) is 3.13. The van der Waals surface area contributed by atoms with Crippen LogP contribution < -0.4 is 16.6 Å². The Morgan fingerprint density at radius 1 is 0.967 bits per heavy atom. The molecule has 0 aliphatic heterocycles. The van der Waals surface area contributed by atoms with Crippen molar-refractivity contribution in [2.75, 3.05) is 11.9 Å². The first-order valence-electron chi connectivity index (χ1n) is 9.63. The lowest BCUT2D eigenvalue weighted by Gasteiger charge is -2.18. The van der Waals surface area contributed by atoms with E-state index in [1.807, 2.05) is 60.7 Å². The van der Waals surface area contributed by atoms with E-state index in [0.29, 0.717) is 23.7 Å². The maximum Gasteiger partial charge on any atom is 0.332 e. The number of hydrogen-bond donors (Lipinski definition) is 2. The summed E-state index contributed by atoms with van der Waals surface area (Å²) in [4.78, 5) is 29.9. The fourth-order valence-corrected chi connectivity index (χ4v) is 3.55. The first kappa shape index (κ1) is 19.7. The van der Waals surface area contributed by atoms with Crippen molar-refractivity contribution in [1.82, 2.24) is 18.7 Å². The molecule has 0 aliphatic rings. The maximum absolute atomic E-state index is 13.0. The van der Waals surface area contributed by atoms with Gasteiger partial charge in [-0.15, -0.1) is 0 Å². The number of imidazole rings is 1. The van der Waals surface area contributed by atoms with E-state index in [2.05, 4.69) is 10.3 Å². The molecule has 0 saturated carbocycles. The Balaban J connectivity index is 1.91. The lowest BCUT2D eigenvalue weighted by molar-refractivity contribution is 0.275. The largest absolute Gasteiger partial charge is 0.394 e. The van der Waals surface area contributed by atoms with Crippen molar-refractivity contribution in [3.05, 3.63) is 92.6 Å². The van der Waals surface area contributed by atoms with Crippen LogP contribution in [0.1, 0.15) is 17.2 Å². The number of aliphatic hydroxyl groups is 1. The molecule has 0 amide bonds. The number of benzene rings is 2. The van der Waals surface area contributed by atoms with E-state index in [9.17, 15) is 14.7 Å². The third-order valence-electron chi connectivity index (χ3n) is 5.22. The fraction of sp³-hybridized carbons (Fsp3) is 0.227. The number of aliphatic hydroxyl groups excluding tert-OH is 1. The van der Waals surface area contributed by atoms with Gasteiger partial charge in [0, 0.05) is 14.1 Å². The van der Waals surface area contributed by atoms with Crippen LogP contribution in [0, 0.1) is 0 Å². The summed E-state index contributed by atoms with van der Waals surface area (Å²) in [6.45, 7) is 0.232. The summed E-state index contributed by atoms with van der Waals surface area (Å²) in [5.74, 6) is 0.412. The Morgan fingerprint density at radius 2 is 1.60 bits per heavy atom. The molecule has 8 heteroatoms. The number of nitrogens with zero attached hydrogens (tertiary/aromatic N) is 4. The predicted molar refractivity (Wildman–Crippen MR) is 116 cm³/mol. The van der Waals surface area contributed by atoms with E-state index >= 15 is 0 Å². The smallest absolute Gasteiger partial charge is 0.332 e. The van der Waals surface area contributed by atoms with E-state index in [1.165, 1.54) is 11.6 Å². The van der Waals surface area contributed by atoms with Crippen molar-refractivity contribution in [3.8, 4) is 0 Å². The van der Waals surface area contributed by atoms with Crippen molar-refractivity contribution in [1.29, 1.82) is 0 Å². The Hall–Kier alpha value is -3.65. The van der Waals surface area contributed by atoms with E-state index in [-0.39, 0.29) is 6.61 Å². The number of rotatable bonds is 6. The molecular weight excluding hydrogens is 382 g/mol. The quantitative estimate of drug-likeness (QED) is 0.509. The second kappa shape index (κ2) is 8.00. The average molecular weight is 405 g/mol. The molecule has 0 bridgehead atoms. The van der Waals surface area contributed by atoms with Gasteiger partial charge in [-0.05, 0) is 11.1 Å². The van der Waals surface area contributed by atoms with Gasteiger partial charge in [-0.25, -0.2) is 4.79 Å². The highest BCUT2D eigenvalue weighted by atomic mass is 16.3. The van der Waals surface area contributed by atoms with Crippen molar-refractivity contribution in [3.63, 3.8) is 0 Å². The molecule has 8 nitrogen and oxygen atoms in total. The molecule has 0 unspecified atom stereocenters. The van der Waals surface area contributed by atoms with Gasteiger partial charge in [0.05, 0.1) is 19.2 Å². The van der Waals surface area contributed by atoms with Gasteiger partial charge >= 0.3 is 5.69 Å². The summed E-state index contributed by atoms with van der Waals surface area (Å²) in [6.07, 6.45) is 0. The third kappa shape index (κ3) is 3.42. The van der Waals surface area contributed by atoms with Gasteiger partial charge in [0.15, 0.2) is 11.2 Å². The number of aryl methyl sites for hydroxylation is 1. The van der Waals surface area contributed by atoms with Gasteiger partial charge in [-0.1, -0.05) is 60.7 Å². The van der Waals surface area contributed by atoms with Gasteiger partial charge in [0.2, 0.25) is 5.95 Å². The molecule has 30 heavy (non-hydrogen) atoms. The van der Waals surface area contributed by atoms with Crippen LogP contribution in [0.5, 0.6) is 0 Å². The number of aromatic nitrogens is 4. The Bertz CT molecular complexity index is 1290. The van der Waals surface area contributed by atoms with Crippen LogP contribution in [0.25, 0.3) is 11.2 Å². The van der Waals surface area contributed by atoms with Crippen LogP contribution in [-0.2, 0) is 20.6 Å². The molecule has 2 aromatic carbocycles. The van der Waals surface area contributed by atoms with Crippen LogP contribution in [0.4, 0.5) is 5.95 Å². The SMILES string of the molecule is Cn1c(=O)c2c(nc(N[C@H](CO)c3ccccc3)n2Cc2ccccc2)n(C)c1=O. The highest BCUT2D eigenvalue weighted by Gasteiger charge is 2.21. The summed E-state index contributed by atoms with van der Waals surface area (Å²) < 4.78 is 4.20. The molecule has 1 atom stereocenters. The molecule has 0 fully saturated rings. The molecule has 0 saturated heterocycles. The zero-order valence-electron chi connectivity index (χ0n) is 16.8. The zero-order valence-corrected chi connectivity index (χ0v) is 16.8. The van der Waals surface area contributed by atoms with E-state index < -0.39 is 17.3 Å². The van der Waals surface area contributed by atoms with Gasteiger partial charge in [-0.3, -0.25) is 18.5 Å². The molecule has 2 N–H and O–H groups in total. The summed E-state index contributed by atoms with van der Waals surface area (Å²) in [5, 5.41) is 13.2. The van der Waals surface area contributed by atoms with Crippen LogP contribution in [0.3, 0.4) is 0 Å². The second-order valence-electron chi connectivity index (χ2n) is 7.18. The Morgan fingerprint density at radius 3 is 2.23 bits per heavy atom. The molecule has 2 heterocycles. The zero-order chi connectivity index (χ0) is 21.3. The van der Waals surface area contributed by atoms with Crippen molar-refractivity contribution >= 4 is 17.1 Å². The normalized spacial score (nSPS) is 12.2. The highest BCUT2D eigenvalue weighted by molar-refractivity contribution is 5.74. The van der Waals surface area contributed by atoms with Crippen molar-refractivity contribution < 1.29 is 5.11 Å². The molecule has 2 aromatic heterocycles. The predicted octanol–water partition coefficient (Wildman–Crippen LogP) is 1.63. The molecule has 0 spiro atoms. The Labute approximate surface area is 172 Å².